The van der Waals surface area contributed by atoms with E-state index < -0.39 is 36.6 Å². The van der Waals surface area contributed by atoms with Gasteiger partial charge in [0.15, 0.2) is 0 Å². The van der Waals surface area contributed by atoms with E-state index in [2.05, 4.69) is 10.6 Å². The number of carboxylic acids is 2. The molecule has 1 aromatic rings. The van der Waals surface area contributed by atoms with Crippen molar-refractivity contribution in [3.63, 3.8) is 0 Å². The minimum Gasteiger partial charge on any atom is -0.481 e. The molecular formula is C18H23N3O7. The summed E-state index contributed by atoms with van der Waals surface area (Å²) in [5.74, 6) is -4.20. The Kier molecular flexibility index (Phi) is 9.14. The number of hydrogen-bond donors (Lipinski definition) is 4. The van der Waals surface area contributed by atoms with Crippen LogP contribution in [0.4, 0.5) is 0 Å². The van der Waals surface area contributed by atoms with E-state index in [1.165, 1.54) is 4.90 Å². The second-order valence-corrected chi connectivity index (χ2v) is 6.00. The molecule has 0 aliphatic heterocycles. The number of amides is 3. The Labute approximate surface area is 161 Å². The van der Waals surface area contributed by atoms with Crippen LogP contribution in [0.5, 0.6) is 0 Å². The van der Waals surface area contributed by atoms with Crippen LogP contribution in [0.1, 0.15) is 28.8 Å². The van der Waals surface area contributed by atoms with Crippen LogP contribution in [-0.4, -0.2) is 71.0 Å². The molecule has 0 unspecified atom stereocenters. The molecule has 28 heavy (non-hydrogen) atoms. The fourth-order valence-corrected chi connectivity index (χ4v) is 2.25. The van der Waals surface area contributed by atoms with Crippen LogP contribution in [0.15, 0.2) is 24.3 Å². The van der Waals surface area contributed by atoms with E-state index >= 15 is 0 Å². The molecule has 0 saturated carbocycles. The van der Waals surface area contributed by atoms with Gasteiger partial charge in [0, 0.05) is 31.7 Å². The van der Waals surface area contributed by atoms with Crippen molar-refractivity contribution in [3.05, 3.63) is 35.4 Å². The molecule has 0 aromatic heterocycles. The van der Waals surface area contributed by atoms with E-state index in [1.54, 1.807) is 24.3 Å². The van der Waals surface area contributed by atoms with E-state index in [1.807, 2.05) is 6.92 Å². The summed E-state index contributed by atoms with van der Waals surface area (Å²) in [6, 6.07) is 6.84. The van der Waals surface area contributed by atoms with Crippen LogP contribution >= 0.6 is 0 Å². The number of rotatable bonds is 11. The molecular weight excluding hydrogens is 370 g/mol. The van der Waals surface area contributed by atoms with Gasteiger partial charge < -0.3 is 25.7 Å². The van der Waals surface area contributed by atoms with E-state index in [4.69, 9.17) is 10.2 Å². The highest BCUT2D eigenvalue weighted by atomic mass is 16.4. The van der Waals surface area contributed by atoms with Gasteiger partial charge in [0.25, 0.3) is 5.91 Å². The predicted octanol–water partition coefficient (Wildman–Crippen LogP) is -0.381. The summed E-state index contributed by atoms with van der Waals surface area (Å²) in [5, 5.41) is 22.0. The predicted molar refractivity (Wildman–Crippen MR) is 97.6 cm³/mol. The first-order valence-corrected chi connectivity index (χ1v) is 8.52. The van der Waals surface area contributed by atoms with Crippen LogP contribution in [0.2, 0.25) is 0 Å². The monoisotopic (exact) mass is 393 g/mol. The standard InChI is InChI=1S/C18H23N3O7/c1-12-2-4-13(5-3-12)18(28)21(8-6-19-14(22)10-16(24)25)9-7-20-15(23)11-17(26)27/h2-5H,6-11H2,1H3,(H,19,22)(H,20,23)(H,24,25)(H,26,27). The van der Waals surface area contributed by atoms with Crippen LogP contribution in [-0.2, 0) is 19.2 Å². The highest BCUT2D eigenvalue weighted by molar-refractivity contribution is 5.95. The second-order valence-electron chi connectivity index (χ2n) is 6.00. The zero-order valence-corrected chi connectivity index (χ0v) is 15.4. The molecule has 0 aliphatic carbocycles. The molecule has 3 amide bonds. The molecule has 0 heterocycles. The van der Waals surface area contributed by atoms with Gasteiger partial charge in [0.05, 0.1) is 0 Å². The van der Waals surface area contributed by atoms with E-state index in [0.717, 1.165) is 5.56 Å². The van der Waals surface area contributed by atoms with Crippen LogP contribution in [0, 0.1) is 6.92 Å². The van der Waals surface area contributed by atoms with Crippen LogP contribution < -0.4 is 10.6 Å². The lowest BCUT2D eigenvalue weighted by Crippen LogP contribution is -2.43. The number of nitrogens with one attached hydrogen (secondary N) is 2. The molecule has 0 fully saturated rings. The number of benzene rings is 1. The summed E-state index contributed by atoms with van der Waals surface area (Å²) in [6.45, 7) is 2.13. The quantitative estimate of drug-likeness (QED) is 0.374. The molecule has 0 bridgehead atoms. The van der Waals surface area contributed by atoms with Gasteiger partial charge in [0.2, 0.25) is 11.8 Å². The smallest absolute Gasteiger partial charge is 0.312 e. The number of hydrogen-bond acceptors (Lipinski definition) is 5. The molecule has 10 nitrogen and oxygen atoms in total. The number of carbonyl (C=O) groups is 5. The van der Waals surface area contributed by atoms with Gasteiger partial charge in [-0.3, -0.25) is 24.0 Å². The maximum Gasteiger partial charge on any atom is 0.312 e. The van der Waals surface area contributed by atoms with Crippen LogP contribution in [0.25, 0.3) is 0 Å². The fraction of sp³-hybridized carbons (Fsp3) is 0.389. The number of aryl methyl sites for hydroxylation is 1. The maximum absolute atomic E-state index is 12.7. The van der Waals surface area contributed by atoms with E-state index in [9.17, 15) is 24.0 Å². The zero-order valence-electron chi connectivity index (χ0n) is 15.4. The van der Waals surface area contributed by atoms with Crippen LogP contribution in [0.3, 0.4) is 0 Å². The third-order valence-electron chi connectivity index (χ3n) is 3.62. The summed E-state index contributed by atoms with van der Waals surface area (Å²) in [6.07, 6.45) is -1.34. The Morgan fingerprint density at radius 2 is 1.25 bits per heavy atom. The van der Waals surface area contributed by atoms with Crippen molar-refractivity contribution >= 4 is 29.7 Å². The molecule has 1 aromatic carbocycles. The van der Waals surface area contributed by atoms with Crippen molar-refractivity contribution in [2.75, 3.05) is 26.2 Å². The second kappa shape index (κ2) is 11.3. The minimum absolute atomic E-state index is 0.0345. The Morgan fingerprint density at radius 3 is 1.64 bits per heavy atom. The molecule has 4 N–H and O–H groups in total. The summed E-state index contributed by atoms with van der Waals surface area (Å²) in [5.41, 5.74) is 1.39. The van der Waals surface area contributed by atoms with Gasteiger partial charge in [-0.15, -0.1) is 0 Å². The van der Waals surface area contributed by atoms with E-state index in [-0.39, 0.29) is 32.1 Å². The summed E-state index contributed by atoms with van der Waals surface area (Å²) in [4.78, 5) is 57.9. The topological polar surface area (TPSA) is 153 Å². The molecule has 0 spiro atoms. The lowest BCUT2D eigenvalue weighted by atomic mass is 10.1. The van der Waals surface area contributed by atoms with Crippen molar-refractivity contribution < 1.29 is 34.2 Å². The average Bonchev–Trinajstić information content (AvgIpc) is 2.59. The van der Waals surface area contributed by atoms with Crippen molar-refractivity contribution in [3.8, 4) is 0 Å². The van der Waals surface area contributed by atoms with Crippen molar-refractivity contribution in [2.24, 2.45) is 0 Å². The lowest BCUT2D eigenvalue weighted by molar-refractivity contribution is -0.142. The highest BCUT2D eigenvalue weighted by Crippen LogP contribution is 2.07. The third-order valence-corrected chi connectivity index (χ3v) is 3.62. The van der Waals surface area contributed by atoms with Crippen molar-refractivity contribution in [1.82, 2.24) is 15.5 Å². The Morgan fingerprint density at radius 1 is 0.821 bits per heavy atom. The first-order valence-electron chi connectivity index (χ1n) is 8.52. The molecule has 1 rings (SSSR count). The first-order chi connectivity index (χ1) is 13.2. The number of aliphatic carboxylic acids is 2. The average molecular weight is 393 g/mol. The molecule has 0 aliphatic rings. The SMILES string of the molecule is Cc1ccc(C(=O)N(CCNC(=O)CC(=O)O)CCNC(=O)CC(=O)O)cc1. The summed E-state index contributed by atoms with van der Waals surface area (Å²) in [7, 11) is 0. The van der Waals surface area contributed by atoms with Gasteiger partial charge in [-0.05, 0) is 19.1 Å². The normalized spacial score (nSPS) is 10.0. The molecule has 0 atom stereocenters. The van der Waals surface area contributed by atoms with Crippen molar-refractivity contribution in [1.29, 1.82) is 0 Å². The molecule has 0 saturated heterocycles. The highest BCUT2D eigenvalue weighted by Gasteiger charge is 2.17. The Hall–Kier alpha value is -3.43. The fourth-order valence-electron chi connectivity index (χ4n) is 2.25. The number of carbonyl (C=O) groups excluding carboxylic acids is 3. The molecule has 0 radical (unpaired) electrons. The summed E-state index contributed by atoms with van der Waals surface area (Å²) < 4.78 is 0. The largest absolute Gasteiger partial charge is 0.481 e. The number of nitrogens with zero attached hydrogens (tertiary/aromatic N) is 1. The molecule has 10 heteroatoms. The van der Waals surface area contributed by atoms with Gasteiger partial charge >= 0.3 is 11.9 Å². The Balaban J connectivity index is 2.67. The maximum atomic E-state index is 12.7. The van der Waals surface area contributed by atoms with Crippen molar-refractivity contribution in [2.45, 2.75) is 19.8 Å². The van der Waals surface area contributed by atoms with Gasteiger partial charge in [-0.2, -0.15) is 0 Å². The van der Waals surface area contributed by atoms with E-state index in [0.29, 0.717) is 5.56 Å². The first kappa shape index (κ1) is 22.6. The van der Waals surface area contributed by atoms with Gasteiger partial charge in [0.1, 0.15) is 12.8 Å². The molecule has 152 valence electrons. The minimum atomic E-state index is -1.26. The lowest BCUT2D eigenvalue weighted by Gasteiger charge is -2.23. The number of carboxylic acid groups (broad SMARTS) is 2. The van der Waals surface area contributed by atoms with Gasteiger partial charge in [-0.1, -0.05) is 17.7 Å². The van der Waals surface area contributed by atoms with Gasteiger partial charge in [-0.25, -0.2) is 0 Å². The zero-order chi connectivity index (χ0) is 21.1. The summed E-state index contributed by atoms with van der Waals surface area (Å²) >= 11 is 0. The third kappa shape index (κ3) is 8.79. The Bertz CT molecular complexity index is 697.